The average Bonchev–Trinajstić information content (AvgIpc) is 3.58. The molecule has 0 radical (unpaired) electrons. The minimum absolute atomic E-state index is 0.0156. The predicted octanol–water partition coefficient (Wildman–Crippen LogP) is 3.36. The van der Waals surface area contributed by atoms with Gasteiger partial charge in [0.15, 0.2) is 11.8 Å². The number of carbonyl (C=O) groups excluding carboxylic acids is 1. The molecular formula is C38H34N8O18S4. The molecule has 0 bridgehead atoms. The van der Waals surface area contributed by atoms with Crippen LogP contribution in [0.5, 0.6) is 17.2 Å². The first-order valence-corrected chi connectivity index (χ1v) is 24.4. The summed E-state index contributed by atoms with van der Waals surface area (Å²) in [5, 5.41) is 35.7. The summed E-state index contributed by atoms with van der Waals surface area (Å²) in [6, 6.07) is 13.9. The van der Waals surface area contributed by atoms with E-state index in [1.54, 1.807) is 6.92 Å². The zero-order valence-electron chi connectivity index (χ0n) is 34.3. The van der Waals surface area contributed by atoms with Gasteiger partial charge in [-0.1, -0.05) is 0 Å². The molecule has 0 saturated heterocycles. The molecule has 0 saturated carbocycles. The Morgan fingerprint density at radius 3 is 1.90 bits per heavy atom. The molecule has 1 aliphatic heterocycles. The summed E-state index contributed by atoms with van der Waals surface area (Å²) in [6.07, 6.45) is 0. The highest BCUT2D eigenvalue weighted by molar-refractivity contribution is 7.86. The molecule has 1 heterocycles. The second-order valence-electron chi connectivity index (χ2n) is 14.4. The van der Waals surface area contributed by atoms with Crippen molar-refractivity contribution < 1.29 is 81.5 Å². The molecule has 68 heavy (non-hydrogen) atoms. The van der Waals surface area contributed by atoms with Gasteiger partial charge in [0, 0.05) is 34.0 Å². The Morgan fingerprint density at radius 1 is 0.662 bits per heavy atom. The van der Waals surface area contributed by atoms with Crippen LogP contribution in [0.1, 0.15) is 5.56 Å². The number of aliphatic carboxylic acids is 1. The largest absolute Gasteiger partial charge is 0.507 e. The number of benzene rings is 6. The molecule has 1 unspecified atom stereocenters. The van der Waals surface area contributed by atoms with Gasteiger partial charge in [-0.05, 0) is 90.7 Å². The van der Waals surface area contributed by atoms with E-state index < -0.39 is 106 Å². The molecule has 1 amide bonds. The van der Waals surface area contributed by atoms with Crippen LogP contribution in [-0.2, 0) is 50.1 Å². The van der Waals surface area contributed by atoms with Gasteiger partial charge in [-0.15, -0.1) is 0 Å². The smallest absolute Gasteiger partial charge is 0.354 e. The number of nitrogens with zero attached hydrogens (tertiary/aromatic N) is 2. The van der Waals surface area contributed by atoms with Gasteiger partial charge >= 0.3 is 5.97 Å². The van der Waals surface area contributed by atoms with E-state index >= 15 is 0 Å². The monoisotopic (exact) mass is 1020 g/mol. The average molecular weight is 1020 g/mol. The SMILES string of the molecule is COc1cc(NNc2ccc(S(=O)(=O)O)c3cc(S(=O)(=O)O)cc(O)c23)c(C)cc1NNc1c(S(=O)(=O)O)cc2cc(NNC3C(=O)N(c4ccc(S(=O)(=O)O)cc4)N=C3C(=O)O)ccc2c1O. The molecule has 0 spiro atoms. The molecule has 6 aromatic rings. The fourth-order valence-electron chi connectivity index (χ4n) is 6.86. The van der Waals surface area contributed by atoms with E-state index in [9.17, 15) is 76.8 Å². The molecule has 7 rings (SSSR count). The van der Waals surface area contributed by atoms with Crippen LogP contribution in [0, 0.1) is 6.92 Å². The van der Waals surface area contributed by atoms with Crippen molar-refractivity contribution in [1.82, 2.24) is 5.43 Å². The molecular weight excluding hydrogens is 985 g/mol. The summed E-state index contributed by atoms with van der Waals surface area (Å²) in [4.78, 5) is 22.4. The second kappa shape index (κ2) is 17.6. The van der Waals surface area contributed by atoms with E-state index in [2.05, 4.69) is 37.7 Å². The quantitative estimate of drug-likeness (QED) is 0.0375. The van der Waals surface area contributed by atoms with Crippen molar-refractivity contribution >= 4 is 114 Å². The third kappa shape index (κ3) is 9.64. The maximum absolute atomic E-state index is 13.3. The number of aromatic hydroxyl groups is 2. The van der Waals surface area contributed by atoms with Gasteiger partial charge in [0.25, 0.3) is 46.4 Å². The summed E-state index contributed by atoms with van der Waals surface area (Å²) in [7, 11) is -18.3. The van der Waals surface area contributed by atoms with Crippen LogP contribution in [-0.4, -0.2) is 97.9 Å². The van der Waals surface area contributed by atoms with Crippen LogP contribution in [0.25, 0.3) is 21.5 Å². The maximum Gasteiger partial charge on any atom is 0.354 e. The number of carboxylic acids is 1. The molecule has 26 nitrogen and oxygen atoms in total. The van der Waals surface area contributed by atoms with E-state index in [4.69, 9.17) is 4.74 Å². The minimum Gasteiger partial charge on any atom is -0.507 e. The number of aryl methyl sites for hydroxylation is 1. The van der Waals surface area contributed by atoms with Crippen molar-refractivity contribution in [3.8, 4) is 17.2 Å². The van der Waals surface area contributed by atoms with Crippen LogP contribution in [0.2, 0.25) is 0 Å². The van der Waals surface area contributed by atoms with Gasteiger partial charge in [0.1, 0.15) is 32.7 Å². The molecule has 0 fully saturated rings. The molecule has 13 N–H and O–H groups in total. The first kappa shape index (κ1) is 48.4. The fraction of sp³-hybridized carbons (Fsp3) is 0.0789. The molecule has 0 aromatic heterocycles. The van der Waals surface area contributed by atoms with E-state index in [1.807, 2.05) is 0 Å². The Morgan fingerprint density at radius 2 is 1.29 bits per heavy atom. The van der Waals surface area contributed by atoms with Crippen LogP contribution in [0.3, 0.4) is 0 Å². The summed E-state index contributed by atoms with van der Waals surface area (Å²) < 4.78 is 140. The van der Waals surface area contributed by atoms with Crippen LogP contribution in [0.4, 0.5) is 34.1 Å². The van der Waals surface area contributed by atoms with E-state index in [0.717, 1.165) is 48.5 Å². The van der Waals surface area contributed by atoms with E-state index in [-0.39, 0.29) is 50.3 Å². The highest BCUT2D eigenvalue weighted by Gasteiger charge is 2.40. The van der Waals surface area contributed by atoms with Crippen LogP contribution in [0.15, 0.2) is 110 Å². The molecule has 1 atom stereocenters. The summed E-state index contributed by atoms with van der Waals surface area (Å²) >= 11 is 0. The number of carbonyl (C=O) groups is 2. The first-order chi connectivity index (χ1) is 31.7. The van der Waals surface area contributed by atoms with Crippen molar-refractivity contribution in [2.45, 2.75) is 32.5 Å². The Bertz CT molecular complexity index is 3610. The number of hydrogen-bond acceptors (Lipinski definition) is 20. The van der Waals surface area contributed by atoms with Crippen molar-refractivity contribution in [3.05, 3.63) is 90.5 Å². The third-order valence-corrected chi connectivity index (χ3v) is 13.5. The second-order valence-corrected chi connectivity index (χ2v) is 20.0. The highest BCUT2D eigenvalue weighted by Crippen LogP contribution is 2.42. The first-order valence-electron chi connectivity index (χ1n) is 18.7. The number of phenols is 2. The lowest BCUT2D eigenvalue weighted by Crippen LogP contribution is -2.48. The standard InChI is InChI=1S/C38H34N8O18S4/c1-17-11-27(29(64-2)16-26(17)41-40-25-9-10-30(67(58,59)60)24-14-22(66(55,56)57)15-28(47)32(24)25)42-43-33-31(68(61,62)63)13-18-12-19(3-8-23(18)36(33)48)39-44-34-35(38(50)51)45-46(37(34)49)20-4-6-21(7-5-20)65(52,53)54/h3-16,34,39-44,47-48H,1-2H3,(H,50,51)(H,52,53,54)(H,55,56,57)(H,58,59,60)(H,61,62,63). The normalized spacial score (nSPS) is 14.4. The van der Waals surface area contributed by atoms with Gasteiger partial charge in [-0.25, -0.2) is 10.2 Å². The fourth-order valence-corrected chi connectivity index (χ4v) is 9.22. The minimum atomic E-state index is -5.10. The van der Waals surface area contributed by atoms with Crippen molar-refractivity contribution in [1.29, 1.82) is 0 Å². The zero-order valence-corrected chi connectivity index (χ0v) is 37.6. The number of anilines is 6. The van der Waals surface area contributed by atoms with Gasteiger partial charge in [-0.3, -0.25) is 33.9 Å². The number of nitrogens with one attached hydrogen (secondary N) is 6. The number of carboxylic acid groups (broad SMARTS) is 1. The molecule has 358 valence electrons. The molecule has 30 heteroatoms. The lowest BCUT2D eigenvalue weighted by Gasteiger charge is -2.20. The Labute approximate surface area is 383 Å². The van der Waals surface area contributed by atoms with Crippen molar-refractivity contribution in [2.75, 3.05) is 39.2 Å². The lowest BCUT2D eigenvalue weighted by atomic mass is 10.1. The number of hydrogen-bond donors (Lipinski definition) is 13. The Hall–Kier alpha value is -7.55. The maximum atomic E-state index is 13.3. The summed E-state index contributed by atoms with van der Waals surface area (Å²) in [6.45, 7) is 1.60. The number of hydrazone groups is 1. The molecule has 1 aliphatic rings. The lowest BCUT2D eigenvalue weighted by molar-refractivity contribution is -0.130. The number of ether oxygens (including phenoxy) is 1. The zero-order chi connectivity index (χ0) is 49.8. The third-order valence-electron chi connectivity index (χ3n) is 10.1. The van der Waals surface area contributed by atoms with Gasteiger partial charge < -0.3 is 36.3 Å². The van der Waals surface area contributed by atoms with Gasteiger partial charge in [0.2, 0.25) is 0 Å². The van der Waals surface area contributed by atoms with Crippen LogP contribution < -0.4 is 42.3 Å². The van der Waals surface area contributed by atoms with Gasteiger partial charge in [0.05, 0.1) is 39.7 Å². The number of hydrazine groups is 3. The summed E-state index contributed by atoms with van der Waals surface area (Å²) in [5.41, 5.74) is 15.7. The Kier molecular flexibility index (Phi) is 12.5. The molecule has 6 aromatic carbocycles. The van der Waals surface area contributed by atoms with Crippen molar-refractivity contribution in [3.63, 3.8) is 0 Å². The predicted molar refractivity (Wildman–Crippen MR) is 242 cm³/mol. The van der Waals surface area contributed by atoms with Crippen molar-refractivity contribution in [2.24, 2.45) is 5.10 Å². The van der Waals surface area contributed by atoms with Crippen LogP contribution >= 0.6 is 0 Å². The highest BCUT2D eigenvalue weighted by atomic mass is 32.2. The Balaban J connectivity index is 1.11. The van der Waals surface area contributed by atoms with E-state index in [1.165, 1.54) is 37.4 Å². The number of amides is 1. The number of phenolic OH excluding ortho intramolecular Hbond substituents is 2. The number of fused-ring (bicyclic) bond motifs is 2. The number of methoxy groups -OCH3 is 1. The topological polar surface area (TPSA) is 409 Å². The number of rotatable bonds is 16. The van der Waals surface area contributed by atoms with E-state index in [0.29, 0.717) is 16.6 Å². The summed E-state index contributed by atoms with van der Waals surface area (Å²) in [5.74, 6) is -3.90. The molecule has 0 aliphatic carbocycles. The van der Waals surface area contributed by atoms with Gasteiger partial charge in [-0.2, -0.15) is 43.8 Å².